The number of ether oxygens (including phenoxy) is 1. The molecular formula is C10H17BrF2N4O. The zero-order valence-electron chi connectivity index (χ0n) is 10.4. The maximum absolute atomic E-state index is 11.9. The van der Waals surface area contributed by atoms with Gasteiger partial charge >= 0.3 is 0 Å². The van der Waals surface area contributed by atoms with Crippen LogP contribution in [0.4, 0.5) is 8.78 Å². The number of rotatable bonds is 8. The Kier molecular flexibility index (Phi) is 6.66. The lowest BCUT2D eigenvalue weighted by Crippen LogP contribution is -2.25. The first-order valence-electron chi connectivity index (χ1n) is 5.70. The van der Waals surface area contributed by atoms with Gasteiger partial charge in [-0.05, 0) is 28.9 Å². The van der Waals surface area contributed by atoms with E-state index in [9.17, 15) is 8.78 Å². The van der Waals surface area contributed by atoms with Crippen molar-refractivity contribution in [2.75, 3.05) is 19.8 Å². The molecule has 0 aromatic carbocycles. The third-order valence-electron chi connectivity index (χ3n) is 2.40. The number of halogens is 3. The molecule has 0 aliphatic rings. The monoisotopic (exact) mass is 326 g/mol. The van der Waals surface area contributed by atoms with Gasteiger partial charge < -0.3 is 10.1 Å². The first kappa shape index (κ1) is 15.5. The maximum atomic E-state index is 11.9. The Labute approximate surface area is 113 Å². The van der Waals surface area contributed by atoms with Crippen molar-refractivity contribution in [3.05, 3.63) is 10.3 Å². The van der Waals surface area contributed by atoms with Gasteiger partial charge in [0.2, 0.25) is 0 Å². The maximum Gasteiger partial charge on any atom is 0.261 e. The van der Waals surface area contributed by atoms with Crippen LogP contribution < -0.4 is 5.32 Å². The van der Waals surface area contributed by atoms with E-state index in [0.717, 1.165) is 12.2 Å². The fraction of sp³-hybridized carbons (Fsp3) is 0.800. The number of aromatic nitrogens is 3. The molecule has 0 amide bonds. The number of aryl methyl sites for hydroxylation is 1. The van der Waals surface area contributed by atoms with Crippen LogP contribution in [0.3, 0.4) is 0 Å². The van der Waals surface area contributed by atoms with Gasteiger partial charge in [0.25, 0.3) is 6.43 Å². The zero-order valence-corrected chi connectivity index (χ0v) is 12.0. The lowest BCUT2D eigenvalue weighted by Gasteiger charge is -2.18. The van der Waals surface area contributed by atoms with Crippen molar-refractivity contribution in [1.29, 1.82) is 0 Å². The Morgan fingerprint density at radius 3 is 2.72 bits per heavy atom. The highest BCUT2D eigenvalue weighted by atomic mass is 79.9. The Morgan fingerprint density at radius 1 is 1.50 bits per heavy atom. The summed E-state index contributed by atoms with van der Waals surface area (Å²) in [7, 11) is 1.79. The van der Waals surface area contributed by atoms with Crippen LogP contribution in [0.25, 0.3) is 0 Å². The van der Waals surface area contributed by atoms with Gasteiger partial charge in [0.1, 0.15) is 6.61 Å². The van der Waals surface area contributed by atoms with Crippen LogP contribution in [-0.2, 0) is 11.8 Å². The third kappa shape index (κ3) is 4.58. The Morgan fingerprint density at radius 2 is 2.22 bits per heavy atom. The molecule has 0 bridgehead atoms. The number of alkyl halides is 2. The Hall–Kier alpha value is -0.600. The summed E-state index contributed by atoms with van der Waals surface area (Å²) in [5.41, 5.74) is 0.887. The van der Waals surface area contributed by atoms with E-state index in [2.05, 4.69) is 31.6 Å². The molecule has 0 saturated heterocycles. The predicted octanol–water partition coefficient (Wildman–Crippen LogP) is 1.90. The molecule has 0 spiro atoms. The van der Waals surface area contributed by atoms with Crippen LogP contribution in [-0.4, -0.2) is 41.2 Å². The van der Waals surface area contributed by atoms with Crippen molar-refractivity contribution in [1.82, 2.24) is 20.3 Å². The summed E-state index contributed by atoms with van der Waals surface area (Å²) in [6, 6.07) is -0.0259. The molecule has 0 fully saturated rings. The summed E-state index contributed by atoms with van der Waals surface area (Å²) in [6.45, 7) is 2.48. The normalized spacial score (nSPS) is 13.2. The molecule has 1 heterocycles. The smallest absolute Gasteiger partial charge is 0.261 e. The molecule has 1 unspecified atom stereocenters. The minimum atomic E-state index is -2.42. The first-order chi connectivity index (χ1) is 8.56. The molecule has 18 heavy (non-hydrogen) atoms. The van der Waals surface area contributed by atoms with Gasteiger partial charge in [-0.2, -0.15) is 0 Å². The van der Waals surface area contributed by atoms with Crippen LogP contribution in [0.2, 0.25) is 0 Å². The lowest BCUT2D eigenvalue weighted by molar-refractivity contribution is 0.0142. The molecule has 0 aliphatic heterocycles. The molecule has 0 aliphatic carbocycles. The number of hydrogen-bond acceptors (Lipinski definition) is 4. The van der Waals surface area contributed by atoms with Gasteiger partial charge in [0.15, 0.2) is 4.60 Å². The van der Waals surface area contributed by atoms with E-state index >= 15 is 0 Å². The second-order valence-electron chi connectivity index (χ2n) is 3.75. The van der Waals surface area contributed by atoms with Crippen molar-refractivity contribution in [2.24, 2.45) is 7.05 Å². The van der Waals surface area contributed by atoms with Crippen LogP contribution in [0.1, 0.15) is 25.1 Å². The molecule has 5 nitrogen and oxygen atoms in total. The van der Waals surface area contributed by atoms with E-state index < -0.39 is 13.0 Å². The van der Waals surface area contributed by atoms with Gasteiger partial charge in [-0.15, -0.1) is 5.10 Å². The second kappa shape index (κ2) is 7.75. The summed E-state index contributed by atoms with van der Waals surface area (Å²) in [4.78, 5) is 0. The molecule has 0 saturated carbocycles. The van der Waals surface area contributed by atoms with Crippen molar-refractivity contribution >= 4 is 15.9 Å². The highest BCUT2D eigenvalue weighted by Gasteiger charge is 2.19. The van der Waals surface area contributed by atoms with Crippen molar-refractivity contribution < 1.29 is 13.5 Å². The Balaban J connectivity index is 2.55. The van der Waals surface area contributed by atoms with Gasteiger partial charge in [-0.3, -0.25) is 0 Å². The summed E-state index contributed by atoms with van der Waals surface area (Å²) < 4.78 is 31.1. The van der Waals surface area contributed by atoms with E-state index in [-0.39, 0.29) is 12.6 Å². The minimum Gasteiger partial charge on any atom is -0.375 e. The molecule has 1 aromatic heterocycles. The summed E-state index contributed by atoms with van der Waals surface area (Å²) in [6.07, 6.45) is -1.84. The molecule has 1 N–H and O–H groups in total. The second-order valence-corrected chi connectivity index (χ2v) is 4.51. The number of nitrogens with one attached hydrogen (secondary N) is 1. The quantitative estimate of drug-likeness (QED) is 0.741. The minimum absolute atomic E-state index is 0.0259. The molecule has 1 aromatic rings. The van der Waals surface area contributed by atoms with E-state index in [1.807, 2.05) is 6.92 Å². The van der Waals surface area contributed by atoms with E-state index in [4.69, 9.17) is 4.74 Å². The lowest BCUT2D eigenvalue weighted by atomic mass is 10.1. The van der Waals surface area contributed by atoms with Gasteiger partial charge in [-0.1, -0.05) is 12.1 Å². The summed E-state index contributed by atoms with van der Waals surface area (Å²) >= 11 is 3.32. The fourth-order valence-corrected chi connectivity index (χ4v) is 2.27. The average Bonchev–Trinajstić information content (AvgIpc) is 2.63. The van der Waals surface area contributed by atoms with Crippen molar-refractivity contribution in [3.8, 4) is 0 Å². The standard InChI is InChI=1S/C10H17BrF2N4O/c1-3-14-7(4-5-18-6-8(12)13)9-10(11)15-16-17(9)2/h7-8,14H,3-6H2,1-2H3. The molecule has 1 rings (SSSR count). The van der Waals surface area contributed by atoms with E-state index in [1.54, 1.807) is 11.7 Å². The SMILES string of the molecule is CCNC(CCOCC(F)F)c1c(Br)nnn1C. The summed E-state index contributed by atoms with van der Waals surface area (Å²) in [5, 5.41) is 11.1. The molecule has 104 valence electrons. The topological polar surface area (TPSA) is 52.0 Å². The molecule has 0 radical (unpaired) electrons. The largest absolute Gasteiger partial charge is 0.375 e. The van der Waals surface area contributed by atoms with Gasteiger partial charge in [0.05, 0.1) is 11.7 Å². The van der Waals surface area contributed by atoms with Crippen molar-refractivity contribution in [3.63, 3.8) is 0 Å². The Bertz CT molecular complexity index is 342. The third-order valence-corrected chi connectivity index (χ3v) is 2.97. The highest BCUT2D eigenvalue weighted by Crippen LogP contribution is 2.23. The van der Waals surface area contributed by atoms with Crippen LogP contribution in [0.15, 0.2) is 4.60 Å². The highest BCUT2D eigenvalue weighted by molar-refractivity contribution is 9.10. The van der Waals surface area contributed by atoms with Crippen LogP contribution >= 0.6 is 15.9 Å². The fourth-order valence-electron chi connectivity index (χ4n) is 1.66. The summed E-state index contributed by atoms with van der Waals surface area (Å²) in [5.74, 6) is 0. The molecule has 1 atom stereocenters. The van der Waals surface area contributed by atoms with Crippen LogP contribution in [0.5, 0.6) is 0 Å². The van der Waals surface area contributed by atoms with E-state index in [0.29, 0.717) is 11.0 Å². The molecule has 8 heteroatoms. The average molecular weight is 327 g/mol. The predicted molar refractivity (Wildman–Crippen MR) is 66.6 cm³/mol. The molecular weight excluding hydrogens is 310 g/mol. The van der Waals surface area contributed by atoms with Crippen molar-refractivity contribution in [2.45, 2.75) is 25.8 Å². The zero-order chi connectivity index (χ0) is 13.5. The number of hydrogen-bond donors (Lipinski definition) is 1. The first-order valence-corrected chi connectivity index (χ1v) is 6.49. The van der Waals surface area contributed by atoms with Gasteiger partial charge in [-0.25, -0.2) is 13.5 Å². The van der Waals surface area contributed by atoms with Gasteiger partial charge in [0, 0.05) is 13.7 Å². The van der Waals surface area contributed by atoms with Crippen LogP contribution in [0, 0.1) is 0 Å². The number of nitrogens with zero attached hydrogens (tertiary/aromatic N) is 3. The van der Waals surface area contributed by atoms with E-state index in [1.165, 1.54) is 0 Å².